The maximum atomic E-state index is 12.5. The summed E-state index contributed by atoms with van der Waals surface area (Å²) >= 11 is 0. The predicted octanol–water partition coefficient (Wildman–Crippen LogP) is 2.62. The molecular formula is C23H28N4O4S. The van der Waals surface area contributed by atoms with Gasteiger partial charge in [0.05, 0.1) is 11.9 Å². The average Bonchev–Trinajstić information content (AvgIpc) is 3.21. The molecule has 1 aromatic carbocycles. The van der Waals surface area contributed by atoms with Crippen molar-refractivity contribution in [1.82, 2.24) is 19.0 Å². The van der Waals surface area contributed by atoms with Gasteiger partial charge in [-0.2, -0.15) is 0 Å². The van der Waals surface area contributed by atoms with Crippen molar-refractivity contribution < 1.29 is 17.9 Å². The number of hydrogen-bond donors (Lipinski definition) is 1. The van der Waals surface area contributed by atoms with Crippen LogP contribution in [0.25, 0.3) is 5.65 Å². The monoisotopic (exact) mass is 456 g/mol. The summed E-state index contributed by atoms with van der Waals surface area (Å²) in [5, 5.41) is 2.96. The van der Waals surface area contributed by atoms with Gasteiger partial charge in [0.15, 0.2) is 0 Å². The summed E-state index contributed by atoms with van der Waals surface area (Å²) in [7, 11) is -3.13. The van der Waals surface area contributed by atoms with E-state index >= 15 is 0 Å². The second-order valence-corrected chi connectivity index (χ2v) is 10.3. The van der Waals surface area contributed by atoms with Gasteiger partial charge in [0.25, 0.3) is 5.91 Å². The summed E-state index contributed by atoms with van der Waals surface area (Å²) in [6, 6.07) is 11.0. The average molecular weight is 457 g/mol. The standard InChI is InChI=1S/C23H28N4O4S/c1-17-4-3-11-26-15-20(25-22(17)26)16-31-21-7-5-19(6-8-21)23(28)24-14-18-9-12-27(13-10-18)32(2,29)30/h3-8,11,15,18H,9-10,12-14,16H2,1-2H3,(H,24,28). The molecule has 0 radical (unpaired) electrons. The van der Waals surface area contributed by atoms with Crippen molar-refractivity contribution in [1.29, 1.82) is 0 Å². The minimum absolute atomic E-state index is 0.141. The van der Waals surface area contributed by atoms with E-state index in [1.165, 1.54) is 10.6 Å². The molecule has 32 heavy (non-hydrogen) atoms. The molecule has 8 nitrogen and oxygen atoms in total. The van der Waals surface area contributed by atoms with E-state index in [1.54, 1.807) is 24.3 Å². The molecule has 0 atom stereocenters. The molecule has 3 heterocycles. The molecule has 0 bridgehead atoms. The van der Waals surface area contributed by atoms with Gasteiger partial charge >= 0.3 is 0 Å². The fourth-order valence-electron chi connectivity index (χ4n) is 3.92. The molecule has 1 saturated heterocycles. The zero-order chi connectivity index (χ0) is 22.7. The Labute approximate surface area is 188 Å². The summed E-state index contributed by atoms with van der Waals surface area (Å²) in [6.07, 6.45) is 6.65. The Morgan fingerprint density at radius 1 is 1.19 bits per heavy atom. The molecule has 0 saturated carbocycles. The Balaban J connectivity index is 1.26. The van der Waals surface area contributed by atoms with Crippen LogP contribution in [0.5, 0.6) is 5.75 Å². The van der Waals surface area contributed by atoms with E-state index in [4.69, 9.17) is 4.74 Å². The van der Waals surface area contributed by atoms with Gasteiger partial charge in [-0.3, -0.25) is 4.79 Å². The highest BCUT2D eigenvalue weighted by molar-refractivity contribution is 7.88. The Morgan fingerprint density at radius 2 is 1.91 bits per heavy atom. The molecule has 0 spiro atoms. The Hall–Kier alpha value is -2.91. The molecule has 9 heteroatoms. The summed E-state index contributed by atoms with van der Waals surface area (Å²) < 4.78 is 32.5. The van der Waals surface area contributed by atoms with Crippen LogP contribution >= 0.6 is 0 Å². The number of sulfonamides is 1. The van der Waals surface area contributed by atoms with E-state index in [9.17, 15) is 13.2 Å². The molecule has 0 unspecified atom stereocenters. The van der Waals surface area contributed by atoms with Crippen LogP contribution in [0.15, 0.2) is 48.8 Å². The van der Waals surface area contributed by atoms with Gasteiger partial charge in [-0.05, 0) is 61.6 Å². The highest BCUT2D eigenvalue weighted by atomic mass is 32.2. The lowest BCUT2D eigenvalue weighted by atomic mass is 9.98. The maximum absolute atomic E-state index is 12.5. The molecule has 4 rings (SSSR count). The van der Waals surface area contributed by atoms with E-state index in [0.29, 0.717) is 37.6 Å². The third kappa shape index (κ3) is 5.28. The SMILES string of the molecule is Cc1cccn2cc(COc3ccc(C(=O)NCC4CCN(S(C)(=O)=O)CC4)cc3)nc12. The Kier molecular flexibility index (Phi) is 6.48. The minimum Gasteiger partial charge on any atom is -0.487 e. The fraction of sp³-hybridized carbons (Fsp3) is 0.391. The van der Waals surface area contributed by atoms with Crippen molar-refractivity contribution in [3.8, 4) is 5.75 Å². The highest BCUT2D eigenvalue weighted by Gasteiger charge is 2.25. The van der Waals surface area contributed by atoms with Crippen LogP contribution in [0.1, 0.15) is 34.5 Å². The number of hydrogen-bond acceptors (Lipinski definition) is 5. The van der Waals surface area contributed by atoms with Crippen molar-refractivity contribution in [2.75, 3.05) is 25.9 Å². The molecule has 0 aliphatic carbocycles. The first-order valence-corrected chi connectivity index (χ1v) is 12.5. The zero-order valence-corrected chi connectivity index (χ0v) is 19.1. The third-order valence-electron chi connectivity index (χ3n) is 5.82. The molecule has 2 aromatic heterocycles. The number of fused-ring (bicyclic) bond motifs is 1. The van der Waals surface area contributed by atoms with Crippen LogP contribution in [0.3, 0.4) is 0 Å². The summed E-state index contributed by atoms with van der Waals surface area (Å²) in [4.78, 5) is 17.1. The number of aryl methyl sites for hydroxylation is 1. The smallest absolute Gasteiger partial charge is 0.251 e. The molecule has 1 amide bonds. The van der Waals surface area contributed by atoms with Gasteiger partial charge < -0.3 is 14.5 Å². The maximum Gasteiger partial charge on any atom is 0.251 e. The van der Waals surface area contributed by atoms with Crippen LogP contribution < -0.4 is 10.1 Å². The molecular weight excluding hydrogens is 428 g/mol. The topological polar surface area (TPSA) is 93.0 Å². The number of pyridine rings is 1. The number of nitrogens with one attached hydrogen (secondary N) is 1. The second-order valence-electron chi connectivity index (χ2n) is 8.28. The number of amides is 1. The number of piperidine rings is 1. The van der Waals surface area contributed by atoms with E-state index < -0.39 is 10.0 Å². The lowest BCUT2D eigenvalue weighted by molar-refractivity contribution is 0.0941. The van der Waals surface area contributed by atoms with Crippen LogP contribution in [0.2, 0.25) is 0 Å². The number of rotatable bonds is 7. The number of benzene rings is 1. The lowest BCUT2D eigenvalue weighted by Gasteiger charge is -2.30. The quantitative estimate of drug-likeness (QED) is 0.590. The van der Waals surface area contributed by atoms with Crippen molar-refractivity contribution >= 4 is 21.6 Å². The Morgan fingerprint density at radius 3 is 2.56 bits per heavy atom. The first kappa shape index (κ1) is 22.3. The lowest BCUT2D eigenvalue weighted by Crippen LogP contribution is -2.41. The molecule has 1 N–H and O–H groups in total. The van der Waals surface area contributed by atoms with Gasteiger partial charge in [-0.25, -0.2) is 17.7 Å². The van der Waals surface area contributed by atoms with E-state index in [0.717, 1.165) is 29.7 Å². The largest absolute Gasteiger partial charge is 0.487 e. The first-order valence-electron chi connectivity index (χ1n) is 10.7. The highest BCUT2D eigenvalue weighted by Crippen LogP contribution is 2.19. The number of imidazole rings is 1. The fourth-order valence-corrected chi connectivity index (χ4v) is 4.79. The van der Waals surface area contributed by atoms with Crippen molar-refractivity contribution in [3.05, 3.63) is 65.6 Å². The number of aromatic nitrogens is 2. The van der Waals surface area contributed by atoms with E-state index in [1.807, 2.05) is 35.9 Å². The van der Waals surface area contributed by atoms with Gasteiger partial charge in [0.2, 0.25) is 10.0 Å². The van der Waals surface area contributed by atoms with Crippen LogP contribution in [0, 0.1) is 12.8 Å². The van der Waals surface area contributed by atoms with Crippen LogP contribution in [-0.2, 0) is 16.6 Å². The molecule has 1 fully saturated rings. The summed E-state index contributed by atoms with van der Waals surface area (Å²) in [5.74, 6) is 0.815. The second kappa shape index (κ2) is 9.30. The van der Waals surface area contributed by atoms with Gasteiger partial charge in [-0.15, -0.1) is 0 Å². The van der Waals surface area contributed by atoms with Gasteiger partial charge in [0, 0.05) is 37.6 Å². The minimum atomic E-state index is -3.13. The van der Waals surface area contributed by atoms with Crippen LogP contribution in [-0.4, -0.2) is 53.9 Å². The third-order valence-corrected chi connectivity index (χ3v) is 7.13. The van der Waals surface area contributed by atoms with E-state index in [2.05, 4.69) is 10.3 Å². The molecule has 3 aromatic rings. The molecule has 1 aliphatic heterocycles. The predicted molar refractivity (Wildman–Crippen MR) is 122 cm³/mol. The molecule has 1 aliphatic rings. The zero-order valence-electron chi connectivity index (χ0n) is 18.3. The Bertz CT molecular complexity index is 1200. The van der Waals surface area contributed by atoms with E-state index in [-0.39, 0.29) is 11.8 Å². The summed E-state index contributed by atoms with van der Waals surface area (Å²) in [5.41, 5.74) is 3.42. The van der Waals surface area contributed by atoms with Crippen molar-refractivity contribution in [2.24, 2.45) is 5.92 Å². The van der Waals surface area contributed by atoms with Gasteiger partial charge in [-0.1, -0.05) is 6.07 Å². The van der Waals surface area contributed by atoms with Crippen molar-refractivity contribution in [3.63, 3.8) is 0 Å². The number of carbonyl (C=O) groups excluding carboxylic acids is 1. The normalized spacial score (nSPS) is 15.7. The molecule has 170 valence electrons. The van der Waals surface area contributed by atoms with Gasteiger partial charge in [0.1, 0.15) is 18.0 Å². The van der Waals surface area contributed by atoms with Crippen LogP contribution in [0.4, 0.5) is 0 Å². The van der Waals surface area contributed by atoms with Crippen molar-refractivity contribution in [2.45, 2.75) is 26.4 Å². The number of carbonyl (C=O) groups is 1. The summed E-state index contributed by atoms with van der Waals surface area (Å²) in [6.45, 7) is 3.94. The number of ether oxygens (including phenoxy) is 1. The number of nitrogens with zero attached hydrogens (tertiary/aromatic N) is 3. The first-order chi connectivity index (χ1) is 15.3.